The summed E-state index contributed by atoms with van der Waals surface area (Å²) in [6, 6.07) is 10.5. The van der Waals surface area contributed by atoms with Gasteiger partial charge < -0.3 is 5.32 Å². The van der Waals surface area contributed by atoms with Gasteiger partial charge in [-0.15, -0.1) is 15.3 Å². The van der Waals surface area contributed by atoms with Crippen LogP contribution in [0.4, 0.5) is 19.0 Å². The number of nitrogens with one attached hydrogen (secondary N) is 1. The summed E-state index contributed by atoms with van der Waals surface area (Å²) in [7, 11) is 0. The van der Waals surface area contributed by atoms with Crippen LogP contribution in [0.1, 0.15) is 11.4 Å². The van der Waals surface area contributed by atoms with E-state index >= 15 is 0 Å². The molecule has 0 saturated heterocycles. The molecule has 3 aromatic heterocycles. The Morgan fingerprint density at radius 3 is 2.50 bits per heavy atom. The molecular weight excluding hydrogens is 349 g/mol. The highest BCUT2D eigenvalue weighted by Gasteiger charge is 2.37. The van der Waals surface area contributed by atoms with Crippen LogP contribution in [0.15, 0.2) is 49.1 Å². The predicted octanol–water partition coefficient (Wildman–Crippen LogP) is 2.34. The first-order valence-electron chi connectivity index (χ1n) is 7.48. The molecule has 3 heterocycles. The molecule has 0 amide bonds. The fraction of sp³-hybridized carbons (Fsp3) is 0.133. The molecule has 0 saturated carbocycles. The zero-order valence-electron chi connectivity index (χ0n) is 13.1. The molecule has 0 aliphatic carbocycles. The standard InChI is InChI=1S/C15H11F3N8/c16-15(17,18)14-23-22-13-6-5-12(24-26(13)14)20-7-10-1-3-11(4-2-10)25-9-19-8-21-25/h1-6,8-9H,7H2,(H,20,24). The quantitative estimate of drug-likeness (QED) is 0.601. The summed E-state index contributed by atoms with van der Waals surface area (Å²) in [4.78, 5) is 3.88. The maximum Gasteiger partial charge on any atom is 0.453 e. The predicted molar refractivity (Wildman–Crippen MR) is 84.5 cm³/mol. The largest absolute Gasteiger partial charge is 0.453 e. The monoisotopic (exact) mass is 360 g/mol. The third kappa shape index (κ3) is 3.06. The smallest absolute Gasteiger partial charge is 0.365 e. The van der Waals surface area contributed by atoms with Crippen molar-refractivity contribution in [2.75, 3.05) is 5.32 Å². The molecule has 1 N–H and O–H groups in total. The number of benzene rings is 1. The van der Waals surface area contributed by atoms with Gasteiger partial charge >= 0.3 is 6.18 Å². The fourth-order valence-corrected chi connectivity index (χ4v) is 2.36. The zero-order chi connectivity index (χ0) is 18.1. The summed E-state index contributed by atoms with van der Waals surface area (Å²) in [6.45, 7) is 0.389. The van der Waals surface area contributed by atoms with E-state index in [-0.39, 0.29) is 11.5 Å². The Balaban J connectivity index is 1.51. The minimum Gasteiger partial charge on any atom is -0.365 e. The molecule has 132 valence electrons. The Hall–Kier alpha value is -3.50. The Morgan fingerprint density at radius 1 is 1.00 bits per heavy atom. The molecule has 1 aromatic carbocycles. The van der Waals surface area contributed by atoms with Crippen molar-refractivity contribution in [2.45, 2.75) is 12.7 Å². The van der Waals surface area contributed by atoms with E-state index in [0.717, 1.165) is 11.3 Å². The summed E-state index contributed by atoms with van der Waals surface area (Å²) in [6.07, 6.45) is -1.59. The van der Waals surface area contributed by atoms with Gasteiger partial charge in [0.15, 0.2) is 5.65 Å². The summed E-state index contributed by atoms with van der Waals surface area (Å²) < 4.78 is 41.0. The molecule has 0 unspecified atom stereocenters. The minimum absolute atomic E-state index is 0.0278. The zero-order valence-corrected chi connectivity index (χ0v) is 13.1. The van der Waals surface area contributed by atoms with E-state index in [1.165, 1.54) is 12.4 Å². The highest BCUT2D eigenvalue weighted by molar-refractivity contribution is 5.45. The first-order valence-corrected chi connectivity index (χ1v) is 7.48. The highest BCUT2D eigenvalue weighted by atomic mass is 19.4. The minimum atomic E-state index is -4.62. The van der Waals surface area contributed by atoms with Crippen molar-refractivity contribution >= 4 is 11.5 Å². The van der Waals surface area contributed by atoms with Gasteiger partial charge in [0.2, 0.25) is 0 Å². The molecule has 4 rings (SSSR count). The first kappa shape index (κ1) is 16.0. The van der Waals surface area contributed by atoms with Gasteiger partial charge in [0.05, 0.1) is 5.69 Å². The number of fused-ring (bicyclic) bond motifs is 1. The van der Waals surface area contributed by atoms with Gasteiger partial charge in [0.25, 0.3) is 5.82 Å². The summed E-state index contributed by atoms with van der Waals surface area (Å²) in [5.74, 6) is -0.878. The number of aromatic nitrogens is 7. The van der Waals surface area contributed by atoms with Gasteiger partial charge in [-0.1, -0.05) is 12.1 Å². The van der Waals surface area contributed by atoms with Gasteiger partial charge in [-0.05, 0) is 29.8 Å². The Bertz CT molecular complexity index is 1020. The van der Waals surface area contributed by atoms with E-state index < -0.39 is 12.0 Å². The lowest BCUT2D eigenvalue weighted by Crippen LogP contribution is -2.13. The first-order chi connectivity index (χ1) is 12.5. The topological polar surface area (TPSA) is 85.8 Å². The second-order valence-electron chi connectivity index (χ2n) is 5.37. The maximum atomic E-state index is 12.9. The second-order valence-corrected chi connectivity index (χ2v) is 5.37. The van der Waals surface area contributed by atoms with Gasteiger partial charge in [0.1, 0.15) is 18.5 Å². The number of hydrogen-bond donors (Lipinski definition) is 1. The van der Waals surface area contributed by atoms with Gasteiger partial charge in [-0.3, -0.25) is 0 Å². The van der Waals surface area contributed by atoms with Gasteiger partial charge in [-0.2, -0.15) is 22.8 Å². The summed E-state index contributed by atoms with van der Waals surface area (Å²) in [5.41, 5.74) is 1.81. The lowest BCUT2D eigenvalue weighted by atomic mass is 10.2. The lowest BCUT2D eigenvalue weighted by Gasteiger charge is -2.08. The normalized spacial score (nSPS) is 11.8. The van der Waals surface area contributed by atoms with Gasteiger partial charge in [0, 0.05) is 6.54 Å². The van der Waals surface area contributed by atoms with E-state index in [4.69, 9.17) is 0 Å². The van der Waals surface area contributed by atoms with Crippen molar-refractivity contribution in [3.63, 3.8) is 0 Å². The maximum absolute atomic E-state index is 12.9. The third-order valence-electron chi connectivity index (χ3n) is 3.61. The van der Waals surface area contributed by atoms with E-state index in [1.54, 1.807) is 17.1 Å². The second kappa shape index (κ2) is 6.10. The van der Waals surface area contributed by atoms with Crippen LogP contribution in [0.25, 0.3) is 11.3 Å². The fourth-order valence-electron chi connectivity index (χ4n) is 2.36. The Morgan fingerprint density at radius 2 is 1.81 bits per heavy atom. The number of hydrogen-bond acceptors (Lipinski definition) is 6. The molecule has 8 nitrogen and oxygen atoms in total. The van der Waals surface area contributed by atoms with Crippen molar-refractivity contribution in [3.8, 4) is 5.69 Å². The lowest BCUT2D eigenvalue weighted by molar-refractivity contribution is -0.146. The van der Waals surface area contributed by atoms with Crippen molar-refractivity contribution in [3.05, 3.63) is 60.4 Å². The number of alkyl halides is 3. The molecule has 4 aromatic rings. The number of halogens is 3. The highest BCUT2D eigenvalue weighted by Crippen LogP contribution is 2.27. The van der Waals surface area contributed by atoms with Crippen LogP contribution in [-0.4, -0.2) is 34.6 Å². The van der Waals surface area contributed by atoms with Crippen molar-refractivity contribution in [2.24, 2.45) is 0 Å². The Labute approximate surface area is 144 Å². The summed E-state index contributed by atoms with van der Waals surface area (Å²) in [5, 5.41) is 17.5. The summed E-state index contributed by atoms with van der Waals surface area (Å²) >= 11 is 0. The van der Waals surface area contributed by atoms with Crippen molar-refractivity contribution in [1.29, 1.82) is 0 Å². The Kier molecular flexibility index (Phi) is 3.75. The molecule has 0 atom stereocenters. The van der Waals surface area contributed by atoms with Crippen LogP contribution in [0.2, 0.25) is 0 Å². The molecule has 0 fully saturated rings. The molecule has 0 radical (unpaired) electrons. The molecule has 0 bridgehead atoms. The van der Waals surface area contributed by atoms with E-state index in [9.17, 15) is 13.2 Å². The molecule has 0 aliphatic rings. The molecule has 26 heavy (non-hydrogen) atoms. The molecule has 0 aliphatic heterocycles. The van der Waals surface area contributed by atoms with Crippen LogP contribution in [-0.2, 0) is 12.7 Å². The van der Waals surface area contributed by atoms with Crippen LogP contribution in [0, 0.1) is 0 Å². The van der Waals surface area contributed by atoms with E-state index in [0.29, 0.717) is 11.1 Å². The average molecular weight is 360 g/mol. The average Bonchev–Trinajstić information content (AvgIpc) is 3.29. The van der Waals surface area contributed by atoms with Gasteiger partial charge in [-0.25, -0.2) is 9.67 Å². The van der Waals surface area contributed by atoms with E-state index in [2.05, 4.69) is 30.7 Å². The molecule has 0 spiro atoms. The number of nitrogens with zero attached hydrogens (tertiary/aromatic N) is 7. The molecular formula is C15H11F3N8. The molecule has 11 heteroatoms. The van der Waals surface area contributed by atoms with Crippen LogP contribution < -0.4 is 5.32 Å². The van der Waals surface area contributed by atoms with E-state index in [1.807, 2.05) is 24.3 Å². The third-order valence-corrected chi connectivity index (χ3v) is 3.61. The van der Waals surface area contributed by atoms with Crippen LogP contribution >= 0.6 is 0 Å². The SMILES string of the molecule is FC(F)(F)c1nnc2ccc(NCc3ccc(-n4cncn4)cc3)nn12. The van der Waals surface area contributed by atoms with Crippen molar-refractivity contribution in [1.82, 2.24) is 34.6 Å². The number of rotatable bonds is 4. The van der Waals surface area contributed by atoms with Crippen molar-refractivity contribution < 1.29 is 13.2 Å². The van der Waals surface area contributed by atoms with Crippen LogP contribution in [0.5, 0.6) is 0 Å². The number of anilines is 1. The van der Waals surface area contributed by atoms with Crippen LogP contribution in [0.3, 0.4) is 0 Å².